The summed E-state index contributed by atoms with van der Waals surface area (Å²) >= 11 is 0. The van der Waals surface area contributed by atoms with Gasteiger partial charge in [-0.3, -0.25) is 0 Å². The average molecular weight is 253 g/mol. The van der Waals surface area contributed by atoms with Crippen molar-refractivity contribution in [2.45, 2.75) is 19.1 Å². The molecule has 0 aliphatic carbocycles. The van der Waals surface area contributed by atoms with Gasteiger partial charge in [0.05, 0.1) is 6.10 Å². The number of aromatic nitrogens is 2. The summed E-state index contributed by atoms with van der Waals surface area (Å²) in [5, 5.41) is 22.0. The first-order valence-electron chi connectivity index (χ1n) is 5.25. The van der Waals surface area contributed by atoms with Crippen LogP contribution < -0.4 is 5.73 Å². The number of hydrogen-bond donors (Lipinski definition) is 3. The van der Waals surface area contributed by atoms with Crippen molar-refractivity contribution in [2.75, 3.05) is 0 Å². The number of nitrogens with zero attached hydrogens (tertiary/aromatic N) is 2. The Morgan fingerprint density at radius 2 is 2.17 bits per heavy atom. The number of aliphatic hydroxyl groups excluding tert-OH is 1. The van der Waals surface area contributed by atoms with Crippen LogP contribution >= 0.6 is 0 Å². The van der Waals surface area contributed by atoms with E-state index in [1.807, 2.05) is 0 Å². The molecule has 7 heteroatoms. The maximum atomic E-state index is 13.2. The van der Waals surface area contributed by atoms with E-state index in [1.54, 1.807) is 0 Å². The fraction of sp³-hybridized carbons (Fsp3) is 0.273. The highest BCUT2D eigenvalue weighted by molar-refractivity contribution is 5.55. The SMILES string of the molecule is CC(O)C(N)c1nc(-c2ccc(O)c(F)c2)no1. The third kappa shape index (κ3) is 2.31. The Kier molecular flexibility index (Phi) is 3.26. The molecule has 1 aromatic heterocycles. The molecule has 2 atom stereocenters. The Bertz CT molecular complexity index is 556. The van der Waals surface area contributed by atoms with Gasteiger partial charge < -0.3 is 20.5 Å². The van der Waals surface area contributed by atoms with Gasteiger partial charge in [0.2, 0.25) is 11.7 Å². The molecular formula is C11H12FN3O3. The second kappa shape index (κ2) is 4.71. The van der Waals surface area contributed by atoms with E-state index < -0.39 is 23.7 Å². The summed E-state index contributed by atoms with van der Waals surface area (Å²) in [5.74, 6) is -1.03. The summed E-state index contributed by atoms with van der Waals surface area (Å²) in [4.78, 5) is 3.96. The Morgan fingerprint density at radius 1 is 1.44 bits per heavy atom. The van der Waals surface area contributed by atoms with Crippen molar-refractivity contribution in [3.63, 3.8) is 0 Å². The molecule has 96 valence electrons. The van der Waals surface area contributed by atoms with Crippen molar-refractivity contribution >= 4 is 0 Å². The summed E-state index contributed by atoms with van der Waals surface area (Å²) in [7, 11) is 0. The van der Waals surface area contributed by atoms with Crippen molar-refractivity contribution in [2.24, 2.45) is 5.73 Å². The van der Waals surface area contributed by atoms with E-state index in [2.05, 4.69) is 10.1 Å². The van der Waals surface area contributed by atoms with Gasteiger partial charge in [-0.15, -0.1) is 0 Å². The smallest absolute Gasteiger partial charge is 0.246 e. The van der Waals surface area contributed by atoms with E-state index in [4.69, 9.17) is 15.4 Å². The lowest BCUT2D eigenvalue weighted by Gasteiger charge is -2.08. The summed E-state index contributed by atoms with van der Waals surface area (Å²) in [6, 6.07) is 2.92. The van der Waals surface area contributed by atoms with Crippen LogP contribution in [0.15, 0.2) is 22.7 Å². The number of aromatic hydroxyl groups is 1. The fourth-order valence-corrected chi connectivity index (χ4v) is 1.34. The first-order chi connectivity index (χ1) is 8.49. The highest BCUT2D eigenvalue weighted by Crippen LogP contribution is 2.24. The predicted octanol–water partition coefficient (Wildman–Crippen LogP) is 0.962. The van der Waals surface area contributed by atoms with Crippen LogP contribution in [-0.2, 0) is 0 Å². The van der Waals surface area contributed by atoms with E-state index >= 15 is 0 Å². The van der Waals surface area contributed by atoms with Gasteiger partial charge in [-0.2, -0.15) is 4.98 Å². The summed E-state index contributed by atoms with van der Waals surface area (Å²) in [6.07, 6.45) is -0.838. The zero-order valence-corrected chi connectivity index (χ0v) is 9.54. The van der Waals surface area contributed by atoms with Gasteiger partial charge in [0.1, 0.15) is 6.04 Å². The Hall–Kier alpha value is -1.99. The number of nitrogens with two attached hydrogens (primary N) is 1. The monoisotopic (exact) mass is 253 g/mol. The maximum absolute atomic E-state index is 13.2. The minimum atomic E-state index is -0.838. The molecule has 1 aromatic carbocycles. The summed E-state index contributed by atoms with van der Waals surface area (Å²) < 4.78 is 18.0. The molecule has 2 unspecified atom stereocenters. The Labute approximate surface area is 102 Å². The van der Waals surface area contributed by atoms with E-state index in [0.717, 1.165) is 6.07 Å². The van der Waals surface area contributed by atoms with Crippen molar-refractivity contribution < 1.29 is 19.1 Å². The molecule has 0 saturated heterocycles. The largest absolute Gasteiger partial charge is 0.505 e. The van der Waals surface area contributed by atoms with E-state index in [-0.39, 0.29) is 11.7 Å². The standard InChI is InChI=1S/C11H12FN3O3/c1-5(16)9(13)11-14-10(15-18-11)6-2-3-8(17)7(12)4-6/h2-5,9,16-17H,13H2,1H3. The molecule has 0 saturated carbocycles. The van der Waals surface area contributed by atoms with E-state index in [0.29, 0.717) is 5.56 Å². The van der Waals surface area contributed by atoms with Crippen LogP contribution in [0.1, 0.15) is 18.9 Å². The Morgan fingerprint density at radius 3 is 2.78 bits per heavy atom. The van der Waals surface area contributed by atoms with Crippen molar-refractivity contribution in [1.29, 1.82) is 0 Å². The first kappa shape index (κ1) is 12.5. The molecular weight excluding hydrogens is 241 g/mol. The molecule has 0 spiro atoms. The molecule has 0 bridgehead atoms. The third-order valence-corrected chi connectivity index (χ3v) is 2.45. The zero-order valence-electron chi connectivity index (χ0n) is 9.54. The molecule has 0 amide bonds. The topological polar surface area (TPSA) is 105 Å². The van der Waals surface area contributed by atoms with E-state index in [1.165, 1.54) is 19.1 Å². The number of halogens is 1. The van der Waals surface area contributed by atoms with Crippen LogP contribution in [0.25, 0.3) is 11.4 Å². The third-order valence-electron chi connectivity index (χ3n) is 2.45. The van der Waals surface area contributed by atoms with Crippen LogP contribution in [-0.4, -0.2) is 26.5 Å². The maximum Gasteiger partial charge on any atom is 0.246 e. The van der Waals surface area contributed by atoms with Gasteiger partial charge in [-0.05, 0) is 25.1 Å². The van der Waals surface area contributed by atoms with Gasteiger partial charge in [0.25, 0.3) is 0 Å². The fourth-order valence-electron chi connectivity index (χ4n) is 1.34. The van der Waals surface area contributed by atoms with Gasteiger partial charge in [0.15, 0.2) is 11.6 Å². The van der Waals surface area contributed by atoms with Crippen LogP contribution in [0.3, 0.4) is 0 Å². The molecule has 0 fully saturated rings. The lowest BCUT2D eigenvalue weighted by atomic mass is 10.2. The van der Waals surface area contributed by atoms with Crippen molar-refractivity contribution in [3.8, 4) is 17.1 Å². The van der Waals surface area contributed by atoms with Crippen LogP contribution in [0, 0.1) is 5.82 Å². The van der Waals surface area contributed by atoms with Gasteiger partial charge >= 0.3 is 0 Å². The van der Waals surface area contributed by atoms with Gasteiger partial charge in [-0.1, -0.05) is 5.16 Å². The molecule has 2 aromatic rings. The molecule has 18 heavy (non-hydrogen) atoms. The second-order valence-electron chi connectivity index (χ2n) is 3.89. The summed E-state index contributed by atoms with van der Waals surface area (Å²) in [5.41, 5.74) is 5.97. The number of benzene rings is 1. The minimum absolute atomic E-state index is 0.0634. The highest BCUT2D eigenvalue weighted by Gasteiger charge is 2.20. The minimum Gasteiger partial charge on any atom is -0.505 e. The number of phenols is 1. The molecule has 0 radical (unpaired) electrons. The van der Waals surface area contributed by atoms with Crippen LogP contribution in [0.4, 0.5) is 4.39 Å². The lowest BCUT2D eigenvalue weighted by Crippen LogP contribution is -2.23. The molecule has 0 aliphatic heterocycles. The Balaban J connectivity index is 2.32. The molecule has 4 N–H and O–H groups in total. The first-order valence-corrected chi connectivity index (χ1v) is 5.25. The normalized spacial score (nSPS) is 14.4. The van der Waals surface area contributed by atoms with Gasteiger partial charge in [0, 0.05) is 5.56 Å². The zero-order chi connectivity index (χ0) is 13.3. The predicted molar refractivity (Wildman–Crippen MR) is 60.0 cm³/mol. The molecule has 2 rings (SSSR count). The number of phenolic OH excluding ortho intramolecular Hbond substituents is 1. The van der Waals surface area contributed by atoms with Crippen molar-refractivity contribution in [3.05, 3.63) is 29.9 Å². The lowest BCUT2D eigenvalue weighted by molar-refractivity contribution is 0.146. The average Bonchev–Trinajstić information content (AvgIpc) is 2.81. The van der Waals surface area contributed by atoms with Gasteiger partial charge in [-0.25, -0.2) is 4.39 Å². The number of aliphatic hydroxyl groups is 1. The van der Waals surface area contributed by atoms with Crippen molar-refractivity contribution in [1.82, 2.24) is 10.1 Å². The summed E-state index contributed by atoms with van der Waals surface area (Å²) in [6.45, 7) is 1.49. The van der Waals surface area contributed by atoms with E-state index in [9.17, 15) is 9.50 Å². The quantitative estimate of drug-likeness (QED) is 0.752. The van der Waals surface area contributed by atoms with Crippen LogP contribution in [0.2, 0.25) is 0 Å². The van der Waals surface area contributed by atoms with Crippen LogP contribution in [0.5, 0.6) is 5.75 Å². The number of hydrogen-bond acceptors (Lipinski definition) is 6. The highest BCUT2D eigenvalue weighted by atomic mass is 19.1. The molecule has 6 nitrogen and oxygen atoms in total. The second-order valence-corrected chi connectivity index (χ2v) is 3.89. The number of rotatable bonds is 3. The molecule has 0 aliphatic rings. The molecule has 1 heterocycles.